The highest BCUT2D eigenvalue weighted by Crippen LogP contribution is 2.40. The first kappa shape index (κ1) is 60.0. The van der Waals surface area contributed by atoms with Gasteiger partial charge in [-0.05, 0) is 81.1 Å². The standard InChI is InChI=1S/C55H58N4O15S3/c1-30(41(63)26-35(24-33-10-6-4-7-11-33)53(71)58-37(32(3)60)28-51(67)68)56-49(65)22-14-39(61)43-16-18-45(75-43)47-20-21-48(77-47)46-19-17-44(76-46)40(62)15-23-50(66)57-31(2)42(64)27-36(25-34-12-8-5-9-13-34)54(72)59-38(55(73)74)29-52(69)70/h4-13,16-21,30-31,35-38H,14-15,22-29H2,1-3H3,(H,56,65)(H,57,66)(H,58,71)(H,59,72)(H,67,68)(H,69,70)(H,73,74)/t30-,31?,35?,36+,37-,38?/m0/s1. The lowest BCUT2D eigenvalue weighted by atomic mass is 9.91. The van der Waals surface area contributed by atoms with E-state index >= 15 is 0 Å². The van der Waals surface area contributed by atoms with E-state index < -0.39 is 108 Å². The molecule has 5 rings (SSSR count). The molecule has 6 atom stereocenters. The summed E-state index contributed by atoms with van der Waals surface area (Å²) in [5.41, 5.74) is 1.40. The van der Waals surface area contributed by atoms with Crippen molar-refractivity contribution in [2.75, 3.05) is 0 Å². The van der Waals surface area contributed by atoms with Crippen LogP contribution in [0, 0.1) is 11.8 Å². The molecule has 3 heterocycles. The van der Waals surface area contributed by atoms with Crippen molar-refractivity contribution < 1.29 is 72.9 Å². The van der Waals surface area contributed by atoms with Crippen molar-refractivity contribution in [3.05, 3.63) is 118 Å². The summed E-state index contributed by atoms with van der Waals surface area (Å²) < 4.78 is 0. The minimum atomic E-state index is -1.72. The molecular formula is C55H58N4O15S3. The number of carboxylic acids is 3. The second-order valence-electron chi connectivity index (χ2n) is 18.3. The Kier molecular flexibility index (Phi) is 22.5. The molecule has 5 aromatic rings. The van der Waals surface area contributed by atoms with Crippen LogP contribution < -0.4 is 21.3 Å². The number of carbonyl (C=O) groups is 12. The summed E-state index contributed by atoms with van der Waals surface area (Å²) >= 11 is 3.92. The smallest absolute Gasteiger partial charge is 0.326 e. The minimum Gasteiger partial charge on any atom is -0.481 e. The van der Waals surface area contributed by atoms with E-state index in [1.807, 2.05) is 12.1 Å². The Labute approximate surface area is 454 Å². The third-order valence-corrected chi connectivity index (χ3v) is 15.9. The molecule has 19 nitrogen and oxygen atoms in total. The Morgan fingerprint density at radius 2 is 0.805 bits per heavy atom. The van der Waals surface area contributed by atoms with Crippen LogP contribution in [0.1, 0.15) is 103 Å². The number of amides is 4. The number of Topliss-reactive ketones (excluding diaryl/α,β-unsaturated/α-hetero) is 5. The molecular weight excluding hydrogens is 1050 g/mol. The monoisotopic (exact) mass is 1110 g/mol. The lowest BCUT2D eigenvalue weighted by molar-refractivity contribution is -0.147. The molecule has 0 aliphatic rings. The van der Waals surface area contributed by atoms with Gasteiger partial charge in [0.15, 0.2) is 28.9 Å². The number of aliphatic carboxylic acids is 3. The third kappa shape index (κ3) is 19.1. The average Bonchev–Trinajstić information content (AvgIpc) is 4.20. The summed E-state index contributed by atoms with van der Waals surface area (Å²) in [4.78, 5) is 156. The Balaban J connectivity index is 1.09. The molecule has 4 amide bonds. The van der Waals surface area contributed by atoms with Crippen LogP contribution in [0.25, 0.3) is 19.5 Å². The van der Waals surface area contributed by atoms with E-state index in [1.165, 1.54) is 47.9 Å². The van der Waals surface area contributed by atoms with E-state index in [0.29, 0.717) is 15.3 Å². The van der Waals surface area contributed by atoms with E-state index in [0.717, 1.165) is 32.0 Å². The molecule has 2 aromatic carbocycles. The zero-order valence-corrected chi connectivity index (χ0v) is 44.7. The summed E-state index contributed by atoms with van der Waals surface area (Å²) in [5.74, 6) is -11.1. The summed E-state index contributed by atoms with van der Waals surface area (Å²) in [6.07, 6.45) is -2.79. The molecule has 0 bridgehead atoms. The molecule has 0 fully saturated rings. The fourth-order valence-corrected chi connectivity index (χ4v) is 11.0. The van der Waals surface area contributed by atoms with E-state index in [1.54, 1.807) is 84.9 Å². The summed E-state index contributed by atoms with van der Waals surface area (Å²) in [6, 6.07) is 23.0. The van der Waals surface area contributed by atoms with Crippen LogP contribution in [-0.2, 0) is 60.8 Å². The number of benzene rings is 2. The molecule has 0 spiro atoms. The normalized spacial score (nSPS) is 13.3. The number of hydrogen-bond acceptors (Lipinski definition) is 15. The molecule has 0 saturated carbocycles. The molecule has 3 unspecified atom stereocenters. The molecule has 77 heavy (non-hydrogen) atoms. The van der Waals surface area contributed by atoms with Gasteiger partial charge in [0.1, 0.15) is 6.04 Å². The second-order valence-corrected chi connectivity index (χ2v) is 21.5. The number of carbonyl (C=O) groups excluding carboxylic acids is 9. The lowest BCUT2D eigenvalue weighted by Crippen LogP contribution is -2.46. The van der Waals surface area contributed by atoms with Gasteiger partial charge in [-0.25, -0.2) is 4.79 Å². The van der Waals surface area contributed by atoms with Crippen molar-refractivity contribution in [2.45, 2.75) is 109 Å². The van der Waals surface area contributed by atoms with E-state index in [2.05, 4.69) is 21.3 Å². The second kappa shape index (κ2) is 28.9. The van der Waals surface area contributed by atoms with Crippen LogP contribution in [0.15, 0.2) is 97.1 Å². The Hall–Kier alpha value is -7.82. The van der Waals surface area contributed by atoms with Gasteiger partial charge in [0.05, 0.1) is 40.7 Å². The molecule has 0 radical (unpaired) electrons. The molecule has 406 valence electrons. The van der Waals surface area contributed by atoms with E-state index in [4.69, 9.17) is 5.11 Å². The van der Waals surface area contributed by atoms with Crippen LogP contribution in [0.5, 0.6) is 0 Å². The topological polar surface area (TPSA) is 314 Å². The number of rotatable bonds is 32. The van der Waals surface area contributed by atoms with Gasteiger partial charge in [-0.3, -0.25) is 52.7 Å². The van der Waals surface area contributed by atoms with Crippen LogP contribution >= 0.6 is 34.0 Å². The van der Waals surface area contributed by atoms with Gasteiger partial charge >= 0.3 is 17.9 Å². The molecule has 0 aliphatic carbocycles. The predicted octanol–water partition coefficient (Wildman–Crippen LogP) is 6.37. The Morgan fingerprint density at radius 3 is 1.18 bits per heavy atom. The zero-order chi connectivity index (χ0) is 56.3. The first-order valence-corrected chi connectivity index (χ1v) is 26.9. The number of hydrogen-bond donors (Lipinski definition) is 7. The highest BCUT2D eigenvalue weighted by Gasteiger charge is 2.32. The Morgan fingerprint density at radius 1 is 0.442 bits per heavy atom. The van der Waals surface area contributed by atoms with Gasteiger partial charge in [-0.2, -0.15) is 0 Å². The number of nitrogens with one attached hydrogen (secondary N) is 4. The summed E-state index contributed by atoms with van der Waals surface area (Å²) in [7, 11) is 0. The van der Waals surface area contributed by atoms with Gasteiger partial charge < -0.3 is 36.6 Å². The lowest BCUT2D eigenvalue weighted by Gasteiger charge is -2.22. The van der Waals surface area contributed by atoms with Crippen molar-refractivity contribution in [1.82, 2.24) is 21.3 Å². The van der Waals surface area contributed by atoms with Crippen molar-refractivity contribution in [1.29, 1.82) is 0 Å². The van der Waals surface area contributed by atoms with Gasteiger partial charge in [-0.15, -0.1) is 34.0 Å². The SMILES string of the molecule is CC(=O)[C@H](CC(=O)O)NC(=O)C(CC(=O)[C@H](C)NC(=O)CCC(=O)c1ccc(-c2ccc(-c3ccc(C(=O)CCC(=O)NC(C)C(=O)C[C@@H](Cc4ccccc4)C(=O)NC(CC(=O)O)C(=O)O)s3)s2)s1)Cc1ccccc1. The highest BCUT2D eigenvalue weighted by atomic mass is 32.1. The third-order valence-electron chi connectivity index (χ3n) is 12.2. The van der Waals surface area contributed by atoms with Gasteiger partial charge in [0.25, 0.3) is 0 Å². The largest absolute Gasteiger partial charge is 0.481 e. The molecule has 3 aromatic heterocycles. The van der Waals surface area contributed by atoms with Crippen molar-refractivity contribution in [2.24, 2.45) is 11.8 Å². The zero-order valence-electron chi connectivity index (χ0n) is 42.2. The maximum absolute atomic E-state index is 13.3. The minimum absolute atomic E-state index is 0.0379. The van der Waals surface area contributed by atoms with Gasteiger partial charge in [0.2, 0.25) is 23.6 Å². The van der Waals surface area contributed by atoms with Crippen molar-refractivity contribution in [3.8, 4) is 19.5 Å². The van der Waals surface area contributed by atoms with Gasteiger partial charge in [-0.1, -0.05) is 60.7 Å². The number of carboxylic acid groups (broad SMARTS) is 3. The first-order valence-electron chi connectivity index (χ1n) is 24.4. The number of ketones is 5. The van der Waals surface area contributed by atoms with E-state index in [9.17, 15) is 67.7 Å². The van der Waals surface area contributed by atoms with Gasteiger partial charge in [0, 0.05) is 69.9 Å². The van der Waals surface area contributed by atoms with Crippen LogP contribution in [0.4, 0.5) is 0 Å². The summed E-state index contributed by atoms with van der Waals surface area (Å²) in [6.45, 7) is 4.05. The molecule has 22 heteroatoms. The van der Waals surface area contributed by atoms with Crippen molar-refractivity contribution >= 4 is 104 Å². The maximum Gasteiger partial charge on any atom is 0.326 e. The highest BCUT2D eigenvalue weighted by molar-refractivity contribution is 7.27. The van der Waals surface area contributed by atoms with E-state index in [-0.39, 0.29) is 62.9 Å². The molecule has 0 aliphatic heterocycles. The Bertz CT molecular complexity index is 2790. The quantitative estimate of drug-likeness (QED) is 0.0230. The first-order chi connectivity index (χ1) is 36.6. The summed E-state index contributed by atoms with van der Waals surface area (Å²) in [5, 5.41) is 37.6. The van der Waals surface area contributed by atoms with Crippen LogP contribution in [-0.4, -0.2) is 110 Å². The molecule has 0 saturated heterocycles. The maximum atomic E-state index is 13.3. The fourth-order valence-electron chi connectivity index (χ4n) is 7.91. The van der Waals surface area contributed by atoms with Crippen LogP contribution in [0.3, 0.4) is 0 Å². The molecule has 7 N–H and O–H groups in total. The fraction of sp³-hybridized carbons (Fsp3) is 0.345. The number of thiophene rings is 3. The van der Waals surface area contributed by atoms with Crippen LogP contribution in [0.2, 0.25) is 0 Å². The average molecular weight is 1110 g/mol. The van der Waals surface area contributed by atoms with Crippen molar-refractivity contribution in [3.63, 3.8) is 0 Å². The predicted molar refractivity (Wildman–Crippen MR) is 286 cm³/mol.